The van der Waals surface area contributed by atoms with Gasteiger partial charge in [-0.25, -0.2) is 13.8 Å². The number of amides is 1. The molecular weight excluding hydrogens is 502 g/mol. The fourth-order valence-electron chi connectivity index (χ4n) is 3.34. The maximum atomic E-state index is 12.5. The van der Waals surface area contributed by atoms with Crippen molar-refractivity contribution in [3.05, 3.63) is 88.4 Å². The average molecular weight is 530 g/mol. The summed E-state index contributed by atoms with van der Waals surface area (Å²) >= 11 is 6.21. The van der Waals surface area contributed by atoms with Gasteiger partial charge in [-0.15, -0.1) is 0 Å². The second kappa shape index (κ2) is 12.4. The summed E-state index contributed by atoms with van der Waals surface area (Å²) < 4.78 is 37.2. The highest BCUT2D eigenvalue weighted by Gasteiger charge is 2.19. The smallest absolute Gasteiger partial charge is 0.271 e. The van der Waals surface area contributed by atoms with Crippen molar-refractivity contribution in [2.75, 3.05) is 23.8 Å². The molecule has 1 N–H and O–H groups in total. The minimum absolute atomic E-state index is 0.0696. The first-order valence-electron chi connectivity index (χ1n) is 11.3. The molecule has 0 radical (unpaired) electrons. The summed E-state index contributed by atoms with van der Waals surface area (Å²) in [6, 6.07) is 18.6. The molecule has 0 heterocycles. The summed E-state index contributed by atoms with van der Waals surface area (Å²) in [5.41, 5.74) is 4.60. The van der Waals surface area contributed by atoms with Crippen LogP contribution in [-0.2, 0) is 16.6 Å². The Balaban J connectivity index is 1.70. The summed E-state index contributed by atoms with van der Waals surface area (Å²) in [4.78, 5) is 12.5. The summed E-state index contributed by atoms with van der Waals surface area (Å²) in [7, 11) is -3.59. The third-order valence-corrected chi connectivity index (χ3v) is 6.55. The quantitative estimate of drug-likeness (QED) is 0.282. The summed E-state index contributed by atoms with van der Waals surface area (Å²) in [5.74, 6) is 0.793. The van der Waals surface area contributed by atoms with E-state index >= 15 is 0 Å². The van der Waals surface area contributed by atoms with Gasteiger partial charge in [-0.05, 0) is 73.5 Å². The number of carbonyl (C=O) groups excluding carboxylic acids is 1. The predicted octanol–water partition coefficient (Wildman–Crippen LogP) is 4.87. The zero-order chi connectivity index (χ0) is 26.1. The summed E-state index contributed by atoms with van der Waals surface area (Å²) in [5, 5.41) is 4.49. The van der Waals surface area contributed by atoms with Crippen LogP contribution < -0.4 is 19.2 Å². The van der Waals surface area contributed by atoms with Gasteiger partial charge in [0.15, 0.2) is 11.5 Å². The number of anilines is 1. The van der Waals surface area contributed by atoms with Crippen molar-refractivity contribution in [1.29, 1.82) is 0 Å². The monoisotopic (exact) mass is 529 g/mol. The second-order valence-electron chi connectivity index (χ2n) is 7.68. The van der Waals surface area contributed by atoms with Crippen LogP contribution in [0.5, 0.6) is 11.5 Å². The number of sulfonamides is 1. The van der Waals surface area contributed by atoms with E-state index in [0.29, 0.717) is 46.5 Å². The van der Waals surface area contributed by atoms with Crippen molar-refractivity contribution in [3.8, 4) is 11.5 Å². The van der Waals surface area contributed by atoms with E-state index in [1.807, 2.05) is 13.8 Å². The van der Waals surface area contributed by atoms with Crippen molar-refractivity contribution >= 4 is 39.4 Å². The van der Waals surface area contributed by atoms with Crippen LogP contribution in [0, 0.1) is 0 Å². The van der Waals surface area contributed by atoms with Gasteiger partial charge in [-0.1, -0.05) is 29.8 Å². The molecule has 0 saturated heterocycles. The fourth-order valence-corrected chi connectivity index (χ4v) is 4.41. The molecule has 0 bridgehead atoms. The van der Waals surface area contributed by atoms with Gasteiger partial charge in [0.05, 0.1) is 37.9 Å². The Morgan fingerprint density at radius 3 is 2.31 bits per heavy atom. The SMILES string of the molecule is CCOc1ccc(/C=N\NC(=O)c2ccc(N(Cc3ccccc3Cl)S(C)(=O)=O)cc2)cc1OCC. The van der Waals surface area contributed by atoms with E-state index in [0.717, 1.165) is 11.8 Å². The molecule has 3 aromatic rings. The maximum Gasteiger partial charge on any atom is 0.271 e. The molecule has 0 saturated carbocycles. The first-order chi connectivity index (χ1) is 17.2. The Bertz CT molecular complexity index is 1330. The molecule has 1 amide bonds. The summed E-state index contributed by atoms with van der Waals surface area (Å²) in [6.07, 6.45) is 2.62. The van der Waals surface area contributed by atoms with Crippen molar-refractivity contribution in [3.63, 3.8) is 0 Å². The molecule has 0 aromatic heterocycles. The molecule has 3 rings (SSSR count). The number of hydrazone groups is 1. The van der Waals surface area contributed by atoms with Crippen LogP contribution in [0.3, 0.4) is 0 Å². The third kappa shape index (κ3) is 7.22. The van der Waals surface area contributed by atoms with E-state index < -0.39 is 15.9 Å². The van der Waals surface area contributed by atoms with Gasteiger partial charge in [0.1, 0.15) is 0 Å². The molecular formula is C26H28ClN3O5S. The Hall–Kier alpha value is -3.56. The summed E-state index contributed by atoms with van der Waals surface area (Å²) in [6.45, 7) is 4.85. The molecule has 0 aliphatic rings. The van der Waals surface area contributed by atoms with Crippen molar-refractivity contribution in [2.24, 2.45) is 5.10 Å². The number of rotatable bonds is 11. The molecule has 190 valence electrons. The number of benzene rings is 3. The van der Waals surface area contributed by atoms with E-state index in [1.165, 1.54) is 22.7 Å². The molecule has 10 heteroatoms. The Labute approximate surface area is 216 Å². The van der Waals surface area contributed by atoms with Gasteiger partial charge >= 0.3 is 0 Å². The van der Waals surface area contributed by atoms with Gasteiger partial charge in [0, 0.05) is 10.6 Å². The second-order valence-corrected chi connectivity index (χ2v) is 9.99. The molecule has 3 aromatic carbocycles. The zero-order valence-corrected chi connectivity index (χ0v) is 21.8. The van der Waals surface area contributed by atoms with Crippen molar-refractivity contribution < 1.29 is 22.7 Å². The number of halogens is 1. The van der Waals surface area contributed by atoms with Crippen LogP contribution >= 0.6 is 11.6 Å². The lowest BCUT2D eigenvalue weighted by Gasteiger charge is -2.23. The maximum absolute atomic E-state index is 12.5. The average Bonchev–Trinajstić information content (AvgIpc) is 2.84. The van der Waals surface area contributed by atoms with E-state index in [-0.39, 0.29) is 6.54 Å². The third-order valence-electron chi connectivity index (χ3n) is 5.04. The van der Waals surface area contributed by atoms with Gasteiger partial charge in [0.2, 0.25) is 10.0 Å². The number of nitrogens with one attached hydrogen (secondary N) is 1. The van der Waals surface area contributed by atoms with Crippen molar-refractivity contribution in [1.82, 2.24) is 5.43 Å². The Morgan fingerprint density at radius 1 is 1.00 bits per heavy atom. The highest BCUT2D eigenvalue weighted by Crippen LogP contribution is 2.28. The first-order valence-corrected chi connectivity index (χ1v) is 13.5. The number of hydrogen-bond donors (Lipinski definition) is 1. The topological polar surface area (TPSA) is 97.3 Å². The highest BCUT2D eigenvalue weighted by molar-refractivity contribution is 7.92. The first kappa shape index (κ1) is 27.0. The normalized spacial score (nSPS) is 11.3. The highest BCUT2D eigenvalue weighted by atomic mass is 35.5. The van der Waals surface area contributed by atoms with Gasteiger partial charge in [0.25, 0.3) is 5.91 Å². The Morgan fingerprint density at radius 2 is 1.67 bits per heavy atom. The number of nitrogens with zero attached hydrogens (tertiary/aromatic N) is 2. The minimum atomic E-state index is -3.59. The predicted molar refractivity (Wildman–Crippen MR) is 143 cm³/mol. The number of carbonyl (C=O) groups is 1. The Kier molecular flexibility index (Phi) is 9.32. The van der Waals surface area contributed by atoms with Crippen LogP contribution in [0.4, 0.5) is 5.69 Å². The van der Waals surface area contributed by atoms with E-state index in [9.17, 15) is 13.2 Å². The molecule has 0 spiro atoms. The number of ether oxygens (including phenoxy) is 2. The van der Waals surface area contributed by atoms with Crippen LogP contribution in [-0.4, -0.2) is 40.0 Å². The van der Waals surface area contributed by atoms with Gasteiger partial charge < -0.3 is 9.47 Å². The van der Waals surface area contributed by atoms with Crippen LogP contribution in [0.2, 0.25) is 5.02 Å². The lowest BCUT2D eigenvalue weighted by atomic mass is 10.2. The van der Waals surface area contributed by atoms with E-state index in [2.05, 4.69) is 10.5 Å². The molecule has 0 aliphatic carbocycles. The molecule has 0 atom stereocenters. The number of hydrogen-bond acceptors (Lipinski definition) is 6. The molecule has 0 fully saturated rings. The fraction of sp³-hybridized carbons (Fsp3) is 0.231. The van der Waals surface area contributed by atoms with Crippen molar-refractivity contribution in [2.45, 2.75) is 20.4 Å². The van der Waals surface area contributed by atoms with Crippen LogP contribution in [0.15, 0.2) is 71.8 Å². The molecule has 0 aliphatic heterocycles. The molecule has 0 unspecified atom stereocenters. The lowest BCUT2D eigenvalue weighted by Crippen LogP contribution is -2.29. The van der Waals surface area contributed by atoms with Crippen LogP contribution in [0.1, 0.15) is 35.3 Å². The van der Waals surface area contributed by atoms with E-state index in [1.54, 1.807) is 54.6 Å². The van der Waals surface area contributed by atoms with E-state index in [4.69, 9.17) is 21.1 Å². The minimum Gasteiger partial charge on any atom is -0.490 e. The van der Waals surface area contributed by atoms with Crippen LogP contribution in [0.25, 0.3) is 0 Å². The van der Waals surface area contributed by atoms with Gasteiger partial charge in [-0.3, -0.25) is 9.10 Å². The zero-order valence-electron chi connectivity index (χ0n) is 20.3. The molecule has 36 heavy (non-hydrogen) atoms. The standard InChI is InChI=1S/C26H28ClN3O5S/c1-4-34-24-15-10-19(16-25(24)35-5-2)17-28-29-26(31)20-11-13-22(14-12-20)30(36(3,32)33)18-21-8-6-7-9-23(21)27/h6-17H,4-5,18H2,1-3H3,(H,29,31)/b28-17-. The lowest BCUT2D eigenvalue weighted by molar-refractivity contribution is 0.0955. The molecule has 8 nitrogen and oxygen atoms in total. The largest absolute Gasteiger partial charge is 0.490 e. The van der Waals surface area contributed by atoms with Gasteiger partial charge in [-0.2, -0.15) is 5.10 Å².